The van der Waals surface area contributed by atoms with Crippen LogP contribution >= 0.6 is 11.6 Å². The molecule has 0 spiro atoms. The number of alkyl halides is 3. The molecule has 1 fully saturated rings. The molecular formula is C18H23ClF3N3O3. The average Bonchev–Trinajstić information content (AvgIpc) is 2.62. The Morgan fingerprint density at radius 1 is 1.39 bits per heavy atom. The highest BCUT2D eigenvalue weighted by atomic mass is 35.5. The van der Waals surface area contributed by atoms with Crippen LogP contribution in [0.1, 0.15) is 18.4 Å². The van der Waals surface area contributed by atoms with Crippen molar-refractivity contribution in [3.8, 4) is 0 Å². The average molecular weight is 422 g/mol. The lowest BCUT2D eigenvalue weighted by Gasteiger charge is -2.32. The lowest BCUT2D eigenvalue weighted by molar-refractivity contribution is -0.137. The molecule has 0 unspecified atom stereocenters. The molecule has 10 heteroatoms. The molecule has 0 bridgehead atoms. The van der Waals surface area contributed by atoms with Crippen LogP contribution in [-0.2, 0) is 15.8 Å². The number of amides is 2. The first-order valence-corrected chi connectivity index (χ1v) is 9.21. The van der Waals surface area contributed by atoms with Gasteiger partial charge in [-0.15, -0.1) is 0 Å². The molecule has 1 heterocycles. The molecule has 156 valence electrons. The second-order valence-corrected chi connectivity index (χ2v) is 7.32. The Balaban J connectivity index is 1.89. The fourth-order valence-electron chi connectivity index (χ4n) is 3.08. The van der Waals surface area contributed by atoms with Gasteiger partial charge in [0.15, 0.2) is 0 Å². The number of likely N-dealkylation sites (N-methyl/N-ethyl adjacent to an activating group) is 1. The van der Waals surface area contributed by atoms with E-state index in [9.17, 15) is 27.9 Å². The summed E-state index contributed by atoms with van der Waals surface area (Å²) in [6.07, 6.45) is -2.83. The Hall–Kier alpha value is -1.84. The van der Waals surface area contributed by atoms with Crippen molar-refractivity contribution in [3.05, 3.63) is 28.8 Å². The molecule has 2 N–H and O–H groups in total. The number of piperidine rings is 1. The molecular weight excluding hydrogens is 399 g/mol. The zero-order valence-electron chi connectivity index (χ0n) is 15.4. The summed E-state index contributed by atoms with van der Waals surface area (Å²) < 4.78 is 38.7. The maximum absolute atomic E-state index is 12.9. The zero-order chi connectivity index (χ0) is 20.9. The molecule has 28 heavy (non-hydrogen) atoms. The number of nitrogens with one attached hydrogen (secondary N) is 1. The van der Waals surface area contributed by atoms with Gasteiger partial charge in [0.05, 0.1) is 23.7 Å². The van der Waals surface area contributed by atoms with E-state index in [1.807, 2.05) is 4.90 Å². The summed E-state index contributed by atoms with van der Waals surface area (Å²) in [6, 6.07) is 3.08. The monoisotopic (exact) mass is 421 g/mol. The minimum atomic E-state index is -4.63. The van der Waals surface area contributed by atoms with Crippen LogP contribution < -0.4 is 5.32 Å². The van der Waals surface area contributed by atoms with Crippen molar-refractivity contribution >= 4 is 29.1 Å². The number of halogens is 4. The maximum Gasteiger partial charge on any atom is 0.417 e. The first kappa shape index (κ1) is 22.4. The van der Waals surface area contributed by atoms with Gasteiger partial charge in [-0.3, -0.25) is 14.5 Å². The van der Waals surface area contributed by atoms with Crippen LogP contribution in [0.4, 0.5) is 18.9 Å². The van der Waals surface area contributed by atoms with Crippen LogP contribution in [0.5, 0.6) is 0 Å². The van der Waals surface area contributed by atoms with Gasteiger partial charge in [-0.05, 0) is 43.5 Å². The summed E-state index contributed by atoms with van der Waals surface area (Å²) in [6.45, 7) is 1.27. The summed E-state index contributed by atoms with van der Waals surface area (Å²) in [5.41, 5.74) is -1.09. The highest BCUT2D eigenvalue weighted by Gasteiger charge is 2.33. The Kier molecular flexibility index (Phi) is 7.68. The molecule has 1 aliphatic rings. The zero-order valence-corrected chi connectivity index (χ0v) is 16.2. The number of carbonyl (C=O) groups excluding carboxylic acids is 2. The number of hydrogen-bond donors (Lipinski definition) is 2. The third-order valence-corrected chi connectivity index (χ3v) is 4.91. The molecule has 2 rings (SSSR count). The lowest BCUT2D eigenvalue weighted by Crippen LogP contribution is -2.45. The van der Waals surface area contributed by atoms with Gasteiger partial charge in [0.25, 0.3) is 0 Å². The molecule has 0 saturated carbocycles. The summed E-state index contributed by atoms with van der Waals surface area (Å²) in [5.74, 6) is -0.748. The largest absolute Gasteiger partial charge is 0.417 e. The van der Waals surface area contributed by atoms with Crippen LogP contribution in [-0.4, -0.2) is 66.6 Å². The van der Waals surface area contributed by atoms with E-state index >= 15 is 0 Å². The van der Waals surface area contributed by atoms with Gasteiger partial charge in [0.1, 0.15) is 0 Å². The summed E-state index contributed by atoms with van der Waals surface area (Å²) >= 11 is 5.55. The number of hydrogen-bond acceptors (Lipinski definition) is 4. The Bertz CT molecular complexity index is 715. The van der Waals surface area contributed by atoms with Crippen molar-refractivity contribution < 1.29 is 27.9 Å². The first-order valence-electron chi connectivity index (χ1n) is 8.84. The smallest absolute Gasteiger partial charge is 0.396 e. The van der Waals surface area contributed by atoms with Crippen molar-refractivity contribution in [2.75, 3.05) is 45.2 Å². The number of aliphatic hydroxyl groups is 1. The second-order valence-electron chi connectivity index (χ2n) is 6.92. The van der Waals surface area contributed by atoms with Gasteiger partial charge < -0.3 is 15.3 Å². The molecule has 1 saturated heterocycles. The molecule has 1 aromatic rings. The Morgan fingerprint density at radius 3 is 2.75 bits per heavy atom. The molecule has 6 nitrogen and oxygen atoms in total. The van der Waals surface area contributed by atoms with Crippen LogP contribution in [0.2, 0.25) is 5.02 Å². The van der Waals surface area contributed by atoms with Gasteiger partial charge in [-0.1, -0.05) is 11.6 Å². The number of anilines is 1. The summed E-state index contributed by atoms with van der Waals surface area (Å²) in [7, 11) is 1.46. The highest BCUT2D eigenvalue weighted by Crippen LogP contribution is 2.36. The van der Waals surface area contributed by atoms with Crippen molar-refractivity contribution in [2.45, 2.75) is 19.0 Å². The highest BCUT2D eigenvalue weighted by molar-refractivity contribution is 6.31. The number of benzene rings is 1. The minimum Gasteiger partial charge on any atom is -0.396 e. The third kappa shape index (κ3) is 6.35. The molecule has 0 radical (unpaired) electrons. The van der Waals surface area contributed by atoms with E-state index < -0.39 is 22.7 Å². The predicted molar refractivity (Wildman–Crippen MR) is 99.0 cm³/mol. The molecule has 0 aromatic heterocycles. The topological polar surface area (TPSA) is 72.9 Å². The molecule has 1 aromatic carbocycles. The number of nitrogens with zero attached hydrogens (tertiary/aromatic N) is 2. The number of aliphatic hydroxyl groups excluding tert-OH is 1. The van der Waals surface area contributed by atoms with Crippen molar-refractivity contribution in [1.82, 2.24) is 9.80 Å². The van der Waals surface area contributed by atoms with Crippen LogP contribution in [0, 0.1) is 5.92 Å². The number of rotatable bonds is 6. The molecule has 1 aliphatic heterocycles. The third-order valence-electron chi connectivity index (χ3n) is 4.58. The number of carbonyl (C=O) groups is 2. The SMILES string of the molecule is CN(CC(=O)Nc1ccc(Cl)c(C(F)(F)F)c1)C(=O)CN1CCC[C@H](CO)C1. The fourth-order valence-corrected chi connectivity index (χ4v) is 3.30. The quantitative estimate of drug-likeness (QED) is 0.740. The van der Waals surface area contributed by atoms with Crippen molar-refractivity contribution in [3.63, 3.8) is 0 Å². The first-order chi connectivity index (χ1) is 13.1. The van der Waals surface area contributed by atoms with E-state index in [4.69, 9.17) is 11.6 Å². The van der Waals surface area contributed by atoms with Crippen LogP contribution in [0.25, 0.3) is 0 Å². The molecule has 2 amide bonds. The van der Waals surface area contributed by atoms with Crippen LogP contribution in [0.3, 0.4) is 0 Å². The van der Waals surface area contributed by atoms with Gasteiger partial charge in [-0.2, -0.15) is 13.2 Å². The van der Waals surface area contributed by atoms with E-state index in [1.165, 1.54) is 18.0 Å². The second kappa shape index (κ2) is 9.58. The van der Waals surface area contributed by atoms with E-state index in [2.05, 4.69) is 5.32 Å². The Labute approximate surface area is 166 Å². The Morgan fingerprint density at radius 2 is 2.11 bits per heavy atom. The lowest BCUT2D eigenvalue weighted by atomic mass is 9.99. The van der Waals surface area contributed by atoms with E-state index in [-0.39, 0.29) is 37.2 Å². The number of likely N-dealkylation sites (tertiary alicyclic amines) is 1. The molecule has 1 atom stereocenters. The van der Waals surface area contributed by atoms with Gasteiger partial charge in [0.2, 0.25) is 11.8 Å². The predicted octanol–water partition coefficient (Wildman–Crippen LogP) is 2.46. The normalized spacial score (nSPS) is 18.0. The van der Waals surface area contributed by atoms with Gasteiger partial charge in [-0.25, -0.2) is 0 Å². The minimum absolute atomic E-state index is 0.0515. The van der Waals surface area contributed by atoms with E-state index in [1.54, 1.807) is 0 Å². The van der Waals surface area contributed by atoms with E-state index in [0.717, 1.165) is 31.5 Å². The van der Waals surface area contributed by atoms with E-state index in [0.29, 0.717) is 6.54 Å². The van der Waals surface area contributed by atoms with Crippen molar-refractivity contribution in [2.24, 2.45) is 5.92 Å². The standard InChI is InChI=1S/C18H23ClF3N3O3/c1-24(17(28)10-25-6-2-3-12(8-25)11-26)9-16(27)23-13-4-5-15(19)14(7-13)18(20,21)22/h4-5,7,12,26H,2-3,6,8-11H2,1H3,(H,23,27)/t12-/m0/s1. The maximum atomic E-state index is 12.9. The van der Waals surface area contributed by atoms with Crippen molar-refractivity contribution in [1.29, 1.82) is 0 Å². The fraction of sp³-hybridized carbons (Fsp3) is 0.556. The van der Waals surface area contributed by atoms with Gasteiger partial charge >= 0.3 is 6.18 Å². The summed E-state index contributed by atoms with van der Waals surface area (Å²) in [5, 5.41) is 11.1. The summed E-state index contributed by atoms with van der Waals surface area (Å²) in [4.78, 5) is 27.5. The van der Waals surface area contributed by atoms with Crippen LogP contribution in [0.15, 0.2) is 18.2 Å². The molecule has 0 aliphatic carbocycles. The van der Waals surface area contributed by atoms with Gasteiger partial charge in [0, 0.05) is 25.9 Å².